The van der Waals surface area contributed by atoms with E-state index in [0.29, 0.717) is 5.92 Å². The van der Waals surface area contributed by atoms with Crippen molar-refractivity contribution in [1.82, 2.24) is 19.8 Å². The molecule has 0 bridgehead atoms. The number of urea groups is 1. The molecule has 0 saturated carbocycles. The molecule has 1 aliphatic rings. The minimum atomic E-state index is -0.0332. The lowest BCUT2D eigenvalue weighted by Crippen LogP contribution is -2.34. The zero-order valence-electron chi connectivity index (χ0n) is 15.0. The Morgan fingerprint density at radius 2 is 2.24 bits per heavy atom. The first-order chi connectivity index (χ1) is 12.0. The normalized spacial score (nSPS) is 17.3. The number of thiazole rings is 1. The third-order valence-corrected chi connectivity index (χ3v) is 5.48. The highest BCUT2D eigenvalue weighted by molar-refractivity contribution is 7.09. The lowest BCUT2D eigenvalue weighted by Gasteiger charge is -2.21. The molecule has 1 saturated heterocycles. The number of pyridine rings is 1. The molecule has 0 radical (unpaired) electrons. The molecule has 1 aliphatic heterocycles. The maximum absolute atomic E-state index is 12.4. The van der Waals surface area contributed by atoms with Crippen molar-refractivity contribution < 1.29 is 4.79 Å². The van der Waals surface area contributed by atoms with Crippen molar-refractivity contribution in [2.75, 3.05) is 32.0 Å². The first-order valence-electron chi connectivity index (χ1n) is 8.57. The highest BCUT2D eigenvalue weighted by Gasteiger charge is 2.27. The van der Waals surface area contributed by atoms with Crippen molar-refractivity contribution in [3.8, 4) is 0 Å². The molecule has 2 aromatic rings. The molecule has 3 heterocycles. The predicted molar refractivity (Wildman–Crippen MR) is 101 cm³/mol. The van der Waals surface area contributed by atoms with Crippen LogP contribution in [0.15, 0.2) is 23.8 Å². The number of nitrogens with zero attached hydrogens (tertiary/aromatic N) is 4. The maximum Gasteiger partial charge on any atom is 0.321 e. The Hall–Kier alpha value is -1.99. The van der Waals surface area contributed by atoms with Gasteiger partial charge in [0.2, 0.25) is 0 Å². The Kier molecular flexibility index (Phi) is 5.65. The van der Waals surface area contributed by atoms with Crippen LogP contribution in [-0.2, 0) is 6.54 Å². The Balaban J connectivity index is 1.47. The number of hydrogen-bond donors (Lipinski definition) is 1. The number of amides is 2. The number of hydrogen-bond acceptors (Lipinski definition) is 5. The summed E-state index contributed by atoms with van der Waals surface area (Å²) >= 11 is 1.71. The average Bonchev–Trinajstić information content (AvgIpc) is 3.19. The van der Waals surface area contributed by atoms with E-state index in [0.717, 1.165) is 49.7 Å². The number of likely N-dealkylation sites (tertiary alicyclic amines) is 1. The predicted octanol–water partition coefficient (Wildman–Crippen LogP) is 3.14. The first-order valence-corrected chi connectivity index (χ1v) is 9.45. The third-order valence-electron chi connectivity index (χ3n) is 4.56. The van der Waals surface area contributed by atoms with Crippen LogP contribution in [0.4, 0.5) is 10.5 Å². The molecule has 25 heavy (non-hydrogen) atoms. The highest BCUT2D eigenvalue weighted by atomic mass is 32.1. The van der Waals surface area contributed by atoms with Gasteiger partial charge in [-0.15, -0.1) is 11.3 Å². The van der Waals surface area contributed by atoms with Gasteiger partial charge in [0.1, 0.15) is 0 Å². The van der Waals surface area contributed by atoms with Gasteiger partial charge in [-0.3, -0.25) is 4.98 Å². The van der Waals surface area contributed by atoms with Crippen LogP contribution in [0.1, 0.15) is 22.7 Å². The SMILES string of the molecule is Cc1ccc(NC(=O)N2CC[C@H](CN(C)Cc3scnc3C)C2)cn1. The van der Waals surface area contributed by atoms with Crippen molar-refractivity contribution in [2.24, 2.45) is 5.92 Å². The molecule has 7 heteroatoms. The number of nitrogens with one attached hydrogen (secondary N) is 1. The summed E-state index contributed by atoms with van der Waals surface area (Å²) in [5, 5.41) is 2.93. The summed E-state index contributed by atoms with van der Waals surface area (Å²) in [6.07, 6.45) is 2.75. The number of aryl methyl sites for hydroxylation is 2. The fourth-order valence-electron chi connectivity index (χ4n) is 3.14. The largest absolute Gasteiger partial charge is 0.324 e. The van der Waals surface area contributed by atoms with E-state index >= 15 is 0 Å². The zero-order chi connectivity index (χ0) is 17.8. The van der Waals surface area contributed by atoms with E-state index in [1.807, 2.05) is 29.5 Å². The minimum Gasteiger partial charge on any atom is -0.324 e. The smallest absolute Gasteiger partial charge is 0.321 e. The lowest BCUT2D eigenvalue weighted by molar-refractivity contribution is 0.217. The molecular weight excluding hydrogens is 334 g/mol. The minimum absolute atomic E-state index is 0.0332. The van der Waals surface area contributed by atoms with E-state index in [1.54, 1.807) is 17.5 Å². The summed E-state index contributed by atoms with van der Waals surface area (Å²) in [7, 11) is 2.14. The summed E-state index contributed by atoms with van der Waals surface area (Å²) in [5.41, 5.74) is 4.71. The number of carbonyl (C=O) groups is 1. The molecule has 0 spiro atoms. The van der Waals surface area contributed by atoms with Crippen molar-refractivity contribution >= 4 is 23.1 Å². The van der Waals surface area contributed by atoms with Gasteiger partial charge >= 0.3 is 6.03 Å². The number of carbonyl (C=O) groups excluding carboxylic acids is 1. The number of anilines is 1. The molecule has 0 unspecified atom stereocenters. The number of rotatable bonds is 5. The molecule has 134 valence electrons. The van der Waals surface area contributed by atoms with Crippen LogP contribution in [-0.4, -0.2) is 52.5 Å². The molecule has 0 aromatic carbocycles. The van der Waals surface area contributed by atoms with Crippen LogP contribution in [0.25, 0.3) is 0 Å². The molecule has 1 fully saturated rings. The summed E-state index contributed by atoms with van der Waals surface area (Å²) < 4.78 is 0. The maximum atomic E-state index is 12.4. The molecule has 1 atom stereocenters. The van der Waals surface area contributed by atoms with Gasteiger partial charge in [0.15, 0.2) is 0 Å². The van der Waals surface area contributed by atoms with Gasteiger partial charge in [-0.1, -0.05) is 0 Å². The van der Waals surface area contributed by atoms with Gasteiger partial charge in [-0.25, -0.2) is 9.78 Å². The Bertz CT molecular complexity index is 715. The monoisotopic (exact) mass is 359 g/mol. The number of aromatic nitrogens is 2. The highest BCUT2D eigenvalue weighted by Crippen LogP contribution is 2.20. The second kappa shape index (κ2) is 7.93. The van der Waals surface area contributed by atoms with E-state index in [1.165, 1.54) is 4.88 Å². The summed E-state index contributed by atoms with van der Waals surface area (Å²) in [6.45, 7) is 7.52. The van der Waals surface area contributed by atoms with E-state index in [2.05, 4.69) is 34.2 Å². The molecule has 2 amide bonds. The van der Waals surface area contributed by atoms with Crippen LogP contribution in [0, 0.1) is 19.8 Å². The third kappa shape index (κ3) is 4.76. The van der Waals surface area contributed by atoms with Gasteiger partial charge < -0.3 is 15.1 Å². The summed E-state index contributed by atoms with van der Waals surface area (Å²) in [5.74, 6) is 0.514. The molecular formula is C18H25N5OS. The van der Waals surface area contributed by atoms with Crippen LogP contribution in [0.3, 0.4) is 0 Å². The zero-order valence-corrected chi connectivity index (χ0v) is 15.8. The Morgan fingerprint density at radius 1 is 1.40 bits per heavy atom. The van der Waals surface area contributed by atoms with Crippen LogP contribution in [0.2, 0.25) is 0 Å². The fraction of sp³-hybridized carbons (Fsp3) is 0.500. The van der Waals surface area contributed by atoms with Gasteiger partial charge in [0, 0.05) is 36.8 Å². The molecule has 1 N–H and O–H groups in total. The average molecular weight is 359 g/mol. The quantitative estimate of drug-likeness (QED) is 0.891. The van der Waals surface area contributed by atoms with Crippen LogP contribution < -0.4 is 5.32 Å². The van der Waals surface area contributed by atoms with E-state index in [9.17, 15) is 4.79 Å². The van der Waals surface area contributed by atoms with Crippen molar-refractivity contribution in [3.63, 3.8) is 0 Å². The topological polar surface area (TPSA) is 61.4 Å². The molecule has 0 aliphatic carbocycles. The van der Waals surface area contributed by atoms with Crippen LogP contribution in [0.5, 0.6) is 0 Å². The Morgan fingerprint density at radius 3 is 2.92 bits per heavy atom. The van der Waals surface area contributed by atoms with Gasteiger partial charge in [0.05, 0.1) is 23.1 Å². The molecule has 3 rings (SSSR count). The molecule has 2 aromatic heterocycles. The van der Waals surface area contributed by atoms with Crippen molar-refractivity contribution in [1.29, 1.82) is 0 Å². The van der Waals surface area contributed by atoms with Crippen LogP contribution >= 0.6 is 11.3 Å². The molecule has 6 nitrogen and oxygen atoms in total. The lowest BCUT2D eigenvalue weighted by atomic mass is 10.1. The fourth-order valence-corrected chi connectivity index (χ4v) is 4.00. The summed E-state index contributed by atoms with van der Waals surface area (Å²) in [6, 6.07) is 3.76. The van der Waals surface area contributed by atoms with E-state index in [4.69, 9.17) is 0 Å². The van der Waals surface area contributed by atoms with Crippen molar-refractivity contribution in [3.05, 3.63) is 40.1 Å². The van der Waals surface area contributed by atoms with Gasteiger partial charge in [-0.2, -0.15) is 0 Å². The van der Waals surface area contributed by atoms with Crippen molar-refractivity contribution in [2.45, 2.75) is 26.8 Å². The van der Waals surface area contributed by atoms with E-state index in [-0.39, 0.29) is 6.03 Å². The van der Waals surface area contributed by atoms with Gasteiger partial charge in [0.25, 0.3) is 0 Å². The first kappa shape index (κ1) is 17.8. The second-order valence-electron chi connectivity index (χ2n) is 6.78. The standard InChI is InChI=1S/C18H25N5OS/c1-13-4-5-16(8-19-13)21-18(24)23-7-6-15(10-23)9-22(3)11-17-14(2)20-12-25-17/h4-5,8,12,15H,6-7,9-11H2,1-3H3,(H,21,24)/t15-/m1/s1. The second-order valence-corrected chi connectivity index (χ2v) is 7.72. The van der Waals surface area contributed by atoms with E-state index < -0.39 is 0 Å². The summed E-state index contributed by atoms with van der Waals surface area (Å²) in [4.78, 5) is 26.5. The Labute approximate surface area is 152 Å². The van der Waals surface area contributed by atoms with Gasteiger partial charge in [-0.05, 0) is 45.4 Å².